The quantitative estimate of drug-likeness (QED) is 0.795. The summed E-state index contributed by atoms with van der Waals surface area (Å²) in [4.78, 5) is 16.3. The van der Waals surface area contributed by atoms with Crippen LogP contribution >= 0.6 is 15.9 Å². The van der Waals surface area contributed by atoms with E-state index in [1.807, 2.05) is 13.0 Å². The Morgan fingerprint density at radius 2 is 2.00 bits per heavy atom. The fourth-order valence-electron chi connectivity index (χ4n) is 1.97. The van der Waals surface area contributed by atoms with Gasteiger partial charge in [-0.25, -0.2) is 4.98 Å². The molecule has 1 amide bonds. The number of hydrogen-bond donors (Lipinski definition) is 1. The second-order valence-electron chi connectivity index (χ2n) is 4.60. The number of pyridine rings is 1. The smallest absolute Gasteiger partial charge is 0.227 e. The predicted molar refractivity (Wildman–Crippen MR) is 78.6 cm³/mol. The normalized spacial score (nSPS) is 10.7. The van der Waals surface area contributed by atoms with Crippen LogP contribution in [0.3, 0.4) is 0 Å². The Balaban J connectivity index is 2.69. The van der Waals surface area contributed by atoms with Gasteiger partial charge in [0.15, 0.2) is 0 Å². The van der Waals surface area contributed by atoms with E-state index in [1.54, 1.807) is 6.20 Å². The Morgan fingerprint density at radius 3 is 2.50 bits per heavy atom. The first-order chi connectivity index (χ1) is 8.58. The monoisotopic (exact) mass is 312 g/mol. The SMILES string of the molecule is CCCC(CCC)C(=O)Nc1cnc(Br)c(C)c1. The van der Waals surface area contributed by atoms with Crippen molar-refractivity contribution in [3.8, 4) is 0 Å². The maximum Gasteiger partial charge on any atom is 0.227 e. The number of aromatic nitrogens is 1. The molecule has 0 radical (unpaired) electrons. The van der Waals surface area contributed by atoms with E-state index in [0.29, 0.717) is 0 Å². The molecule has 0 atom stereocenters. The molecule has 0 saturated heterocycles. The number of halogens is 1. The van der Waals surface area contributed by atoms with Gasteiger partial charge in [-0.2, -0.15) is 0 Å². The van der Waals surface area contributed by atoms with Crippen molar-refractivity contribution in [2.75, 3.05) is 5.32 Å². The van der Waals surface area contributed by atoms with E-state index < -0.39 is 0 Å². The third kappa shape index (κ3) is 4.41. The van der Waals surface area contributed by atoms with Crippen molar-refractivity contribution in [3.63, 3.8) is 0 Å². The second kappa shape index (κ2) is 7.52. The number of amides is 1. The summed E-state index contributed by atoms with van der Waals surface area (Å²) in [5, 5.41) is 2.96. The number of carbonyl (C=O) groups excluding carboxylic acids is 1. The Bertz CT molecular complexity index is 401. The summed E-state index contributed by atoms with van der Waals surface area (Å²) in [5.74, 6) is 0.228. The maximum absolute atomic E-state index is 12.1. The van der Waals surface area contributed by atoms with Gasteiger partial charge in [-0.15, -0.1) is 0 Å². The van der Waals surface area contributed by atoms with Crippen LogP contribution < -0.4 is 5.32 Å². The van der Waals surface area contributed by atoms with Gasteiger partial charge in [-0.3, -0.25) is 4.79 Å². The minimum absolute atomic E-state index is 0.113. The lowest BCUT2D eigenvalue weighted by atomic mass is 9.97. The van der Waals surface area contributed by atoms with Crippen LogP contribution in [0.5, 0.6) is 0 Å². The molecule has 1 N–H and O–H groups in total. The zero-order chi connectivity index (χ0) is 13.5. The molecule has 3 nitrogen and oxygen atoms in total. The van der Waals surface area contributed by atoms with Gasteiger partial charge in [-0.1, -0.05) is 26.7 Å². The fraction of sp³-hybridized carbons (Fsp3) is 0.571. The third-order valence-electron chi connectivity index (χ3n) is 2.93. The molecule has 0 bridgehead atoms. The van der Waals surface area contributed by atoms with Crippen molar-refractivity contribution < 1.29 is 4.79 Å². The number of nitrogens with one attached hydrogen (secondary N) is 1. The highest BCUT2D eigenvalue weighted by atomic mass is 79.9. The highest BCUT2D eigenvalue weighted by Crippen LogP contribution is 2.19. The van der Waals surface area contributed by atoms with Crippen LogP contribution in [0.25, 0.3) is 0 Å². The predicted octanol–water partition coefficient (Wildman–Crippen LogP) is 4.31. The zero-order valence-corrected chi connectivity index (χ0v) is 12.9. The van der Waals surface area contributed by atoms with Crippen LogP contribution in [0.15, 0.2) is 16.9 Å². The van der Waals surface area contributed by atoms with Crippen LogP contribution in [0.4, 0.5) is 5.69 Å². The average molecular weight is 313 g/mol. The highest BCUT2D eigenvalue weighted by molar-refractivity contribution is 9.10. The van der Waals surface area contributed by atoms with E-state index in [4.69, 9.17) is 0 Å². The number of nitrogens with zero attached hydrogens (tertiary/aromatic N) is 1. The lowest BCUT2D eigenvalue weighted by molar-refractivity contribution is -0.120. The summed E-state index contributed by atoms with van der Waals surface area (Å²) in [6.07, 6.45) is 5.65. The maximum atomic E-state index is 12.1. The largest absolute Gasteiger partial charge is 0.324 e. The van der Waals surface area contributed by atoms with E-state index in [9.17, 15) is 4.79 Å². The number of anilines is 1. The van der Waals surface area contributed by atoms with Gasteiger partial charge in [0, 0.05) is 5.92 Å². The first kappa shape index (κ1) is 15.2. The van der Waals surface area contributed by atoms with Crippen molar-refractivity contribution >= 4 is 27.5 Å². The summed E-state index contributed by atoms with van der Waals surface area (Å²) in [6, 6.07) is 1.93. The molecule has 1 aromatic rings. The Morgan fingerprint density at radius 1 is 1.39 bits per heavy atom. The lowest BCUT2D eigenvalue weighted by Crippen LogP contribution is -2.22. The first-order valence-electron chi connectivity index (χ1n) is 6.51. The third-order valence-corrected chi connectivity index (χ3v) is 3.76. The zero-order valence-electron chi connectivity index (χ0n) is 11.3. The molecule has 0 spiro atoms. The van der Waals surface area contributed by atoms with Crippen molar-refractivity contribution in [1.29, 1.82) is 0 Å². The molecule has 4 heteroatoms. The van der Waals surface area contributed by atoms with Gasteiger partial charge in [0.25, 0.3) is 0 Å². The number of rotatable bonds is 6. The van der Waals surface area contributed by atoms with Crippen molar-refractivity contribution in [2.24, 2.45) is 5.92 Å². The van der Waals surface area contributed by atoms with Gasteiger partial charge in [0.05, 0.1) is 11.9 Å². The highest BCUT2D eigenvalue weighted by Gasteiger charge is 2.16. The van der Waals surface area contributed by atoms with Gasteiger partial charge in [0.2, 0.25) is 5.91 Å². The first-order valence-corrected chi connectivity index (χ1v) is 7.30. The van der Waals surface area contributed by atoms with E-state index in [1.165, 1.54) is 0 Å². The number of aryl methyl sites for hydroxylation is 1. The molecule has 0 aliphatic carbocycles. The van der Waals surface area contributed by atoms with Crippen LogP contribution in [0.2, 0.25) is 0 Å². The van der Waals surface area contributed by atoms with Gasteiger partial charge in [-0.05, 0) is 47.3 Å². The number of carbonyl (C=O) groups is 1. The number of hydrogen-bond acceptors (Lipinski definition) is 2. The summed E-state index contributed by atoms with van der Waals surface area (Å²) < 4.78 is 0.819. The van der Waals surface area contributed by atoms with Crippen LogP contribution in [0, 0.1) is 12.8 Å². The molecular formula is C14H21BrN2O. The van der Waals surface area contributed by atoms with Crippen molar-refractivity contribution in [2.45, 2.75) is 46.5 Å². The topological polar surface area (TPSA) is 42.0 Å². The lowest BCUT2D eigenvalue weighted by Gasteiger charge is -2.15. The molecule has 100 valence electrons. The molecule has 0 unspecified atom stereocenters. The van der Waals surface area contributed by atoms with Gasteiger partial charge in [0.1, 0.15) is 4.60 Å². The molecular weight excluding hydrogens is 292 g/mol. The standard InChI is InChI=1S/C14H21BrN2O/c1-4-6-11(7-5-2)14(18)17-12-8-10(3)13(15)16-9-12/h8-9,11H,4-7H2,1-3H3,(H,17,18). The van der Waals surface area contributed by atoms with E-state index >= 15 is 0 Å². The second-order valence-corrected chi connectivity index (χ2v) is 5.35. The van der Waals surface area contributed by atoms with Gasteiger partial charge < -0.3 is 5.32 Å². The van der Waals surface area contributed by atoms with Crippen LogP contribution in [-0.4, -0.2) is 10.9 Å². The van der Waals surface area contributed by atoms with Gasteiger partial charge >= 0.3 is 0 Å². The molecule has 0 aliphatic rings. The minimum atomic E-state index is 0.113. The van der Waals surface area contributed by atoms with E-state index in [-0.39, 0.29) is 11.8 Å². The molecule has 0 aromatic carbocycles. The van der Waals surface area contributed by atoms with E-state index in [2.05, 4.69) is 40.1 Å². The molecule has 0 fully saturated rings. The molecule has 1 heterocycles. The average Bonchev–Trinajstić information content (AvgIpc) is 2.33. The molecule has 0 aliphatic heterocycles. The Kier molecular flexibility index (Phi) is 6.33. The van der Waals surface area contributed by atoms with Crippen molar-refractivity contribution in [1.82, 2.24) is 4.98 Å². The molecule has 1 aromatic heterocycles. The fourth-order valence-corrected chi connectivity index (χ4v) is 2.19. The van der Waals surface area contributed by atoms with Crippen molar-refractivity contribution in [3.05, 3.63) is 22.4 Å². The van der Waals surface area contributed by atoms with Crippen LogP contribution in [-0.2, 0) is 4.79 Å². The van der Waals surface area contributed by atoms with E-state index in [0.717, 1.165) is 41.5 Å². The summed E-state index contributed by atoms with van der Waals surface area (Å²) in [5.41, 5.74) is 1.80. The summed E-state index contributed by atoms with van der Waals surface area (Å²) in [7, 11) is 0. The Hall–Kier alpha value is -0.900. The minimum Gasteiger partial charge on any atom is -0.324 e. The van der Waals surface area contributed by atoms with Crippen LogP contribution in [0.1, 0.15) is 45.1 Å². The summed E-state index contributed by atoms with van der Waals surface area (Å²) >= 11 is 3.35. The molecule has 0 saturated carbocycles. The summed E-state index contributed by atoms with van der Waals surface area (Å²) in [6.45, 7) is 6.19. The Labute approximate surface area is 118 Å². The molecule has 1 rings (SSSR count). The molecule has 18 heavy (non-hydrogen) atoms.